The highest BCUT2D eigenvalue weighted by Crippen LogP contribution is 2.39. The third-order valence-electron chi connectivity index (χ3n) is 6.00. The van der Waals surface area contributed by atoms with Gasteiger partial charge in [-0.25, -0.2) is 4.98 Å². The van der Waals surface area contributed by atoms with Crippen molar-refractivity contribution in [3.63, 3.8) is 0 Å². The van der Waals surface area contributed by atoms with Gasteiger partial charge in [0.2, 0.25) is 5.71 Å². The molecule has 0 spiro atoms. The van der Waals surface area contributed by atoms with Gasteiger partial charge in [0.1, 0.15) is 5.58 Å². The van der Waals surface area contributed by atoms with Crippen LogP contribution in [0.2, 0.25) is 0 Å². The molecular formula is C24H24N2O. The molecule has 0 aliphatic heterocycles. The van der Waals surface area contributed by atoms with Gasteiger partial charge in [-0.15, -0.1) is 0 Å². The van der Waals surface area contributed by atoms with E-state index in [1.165, 1.54) is 42.5 Å². The lowest BCUT2D eigenvalue weighted by Crippen LogP contribution is -1.95. The molecule has 1 aliphatic carbocycles. The van der Waals surface area contributed by atoms with Crippen LogP contribution < -0.4 is 0 Å². The number of fused-ring (bicyclic) bond motifs is 3. The number of hydrogen-bond acceptors (Lipinski definition) is 3. The Balaban J connectivity index is 1.70. The lowest BCUT2D eigenvalue weighted by molar-refractivity contribution is 0.638. The van der Waals surface area contributed by atoms with Gasteiger partial charge in [0.25, 0.3) is 0 Å². The monoisotopic (exact) mass is 356 g/mol. The van der Waals surface area contributed by atoms with Crippen molar-refractivity contribution in [3.8, 4) is 11.3 Å². The first kappa shape index (κ1) is 16.5. The van der Waals surface area contributed by atoms with Crippen LogP contribution in [0.25, 0.3) is 33.3 Å². The number of furan rings is 1. The van der Waals surface area contributed by atoms with Crippen LogP contribution in [0.1, 0.15) is 55.3 Å². The van der Waals surface area contributed by atoms with Crippen molar-refractivity contribution >= 4 is 22.1 Å². The molecule has 3 heteroatoms. The summed E-state index contributed by atoms with van der Waals surface area (Å²) >= 11 is 0. The minimum absolute atomic E-state index is 0.590. The van der Waals surface area contributed by atoms with Crippen LogP contribution in [-0.2, 0) is 6.42 Å². The molecule has 1 saturated carbocycles. The number of nitrogens with zero attached hydrogens (tertiary/aromatic N) is 2. The standard InChI is InChI=1S/C24H24N2O/c1-3-16-9-12-21(25-14-16)22-15(2)8-10-18-19-11-13-20(17-6-4-5-7-17)26-24(19)27-23(18)22/h8-14,17H,3-7H2,1-2H3. The molecule has 5 rings (SSSR count). The maximum atomic E-state index is 6.32. The number of hydrogen-bond donors (Lipinski definition) is 0. The van der Waals surface area contributed by atoms with Crippen molar-refractivity contribution in [1.82, 2.24) is 9.97 Å². The lowest BCUT2D eigenvalue weighted by atomic mass is 10.00. The third kappa shape index (κ3) is 2.73. The molecule has 0 atom stereocenters. The number of aryl methyl sites for hydroxylation is 2. The summed E-state index contributed by atoms with van der Waals surface area (Å²) < 4.78 is 6.32. The molecular weight excluding hydrogens is 332 g/mol. The summed E-state index contributed by atoms with van der Waals surface area (Å²) in [5, 5.41) is 2.22. The van der Waals surface area contributed by atoms with Crippen LogP contribution in [0.3, 0.4) is 0 Å². The normalized spacial score (nSPS) is 15.2. The van der Waals surface area contributed by atoms with Crippen molar-refractivity contribution in [1.29, 1.82) is 0 Å². The van der Waals surface area contributed by atoms with E-state index in [0.717, 1.165) is 39.7 Å². The number of pyridine rings is 2. The van der Waals surface area contributed by atoms with Gasteiger partial charge >= 0.3 is 0 Å². The number of aromatic nitrogens is 2. The molecule has 0 bridgehead atoms. The van der Waals surface area contributed by atoms with Gasteiger partial charge < -0.3 is 4.42 Å². The summed E-state index contributed by atoms with van der Waals surface area (Å²) in [5.74, 6) is 0.590. The molecule has 0 N–H and O–H groups in total. The molecule has 1 fully saturated rings. The second-order valence-corrected chi connectivity index (χ2v) is 7.71. The topological polar surface area (TPSA) is 38.9 Å². The largest absolute Gasteiger partial charge is 0.437 e. The Kier molecular flexibility index (Phi) is 3.96. The Morgan fingerprint density at radius 1 is 1.00 bits per heavy atom. The van der Waals surface area contributed by atoms with Crippen LogP contribution in [0, 0.1) is 6.92 Å². The summed E-state index contributed by atoms with van der Waals surface area (Å²) in [6, 6.07) is 12.9. The van der Waals surface area contributed by atoms with E-state index in [4.69, 9.17) is 14.4 Å². The average molecular weight is 356 g/mol. The summed E-state index contributed by atoms with van der Waals surface area (Å²) in [6.45, 7) is 4.27. The lowest BCUT2D eigenvalue weighted by Gasteiger charge is -2.07. The van der Waals surface area contributed by atoms with E-state index in [9.17, 15) is 0 Å². The number of rotatable bonds is 3. The van der Waals surface area contributed by atoms with E-state index in [-0.39, 0.29) is 0 Å². The Morgan fingerprint density at radius 3 is 2.56 bits per heavy atom. The quantitative estimate of drug-likeness (QED) is 0.416. The van der Waals surface area contributed by atoms with Gasteiger partial charge in [0.15, 0.2) is 0 Å². The summed E-state index contributed by atoms with van der Waals surface area (Å²) in [4.78, 5) is 9.60. The zero-order valence-corrected chi connectivity index (χ0v) is 16.0. The van der Waals surface area contributed by atoms with Gasteiger partial charge in [-0.3, -0.25) is 4.98 Å². The molecule has 3 aromatic heterocycles. The average Bonchev–Trinajstić information content (AvgIpc) is 3.35. The number of benzene rings is 1. The molecule has 4 aromatic rings. The van der Waals surface area contributed by atoms with Gasteiger partial charge in [-0.05, 0) is 55.5 Å². The van der Waals surface area contributed by atoms with Crippen molar-refractivity contribution in [2.75, 3.05) is 0 Å². The van der Waals surface area contributed by atoms with E-state index in [2.05, 4.69) is 50.2 Å². The molecule has 1 aromatic carbocycles. The molecule has 0 amide bonds. The second kappa shape index (κ2) is 6.49. The Morgan fingerprint density at radius 2 is 1.81 bits per heavy atom. The first-order valence-corrected chi connectivity index (χ1v) is 10.0. The molecule has 3 heterocycles. The van der Waals surface area contributed by atoms with Gasteiger partial charge in [-0.2, -0.15) is 0 Å². The van der Waals surface area contributed by atoms with Crippen LogP contribution in [0.15, 0.2) is 47.0 Å². The third-order valence-corrected chi connectivity index (χ3v) is 6.00. The maximum absolute atomic E-state index is 6.32. The van der Waals surface area contributed by atoms with Crippen molar-refractivity contribution in [3.05, 3.63) is 59.4 Å². The predicted molar refractivity (Wildman–Crippen MR) is 110 cm³/mol. The minimum Gasteiger partial charge on any atom is -0.437 e. The Bertz CT molecular complexity index is 1120. The fourth-order valence-electron chi connectivity index (χ4n) is 4.38. The highest BCUT2D eigenvalue weighted by Gasteiger charge is 2.21. The van der Waals surface area contributed by atoms with E-state index in [1.54, 1.807) is 0 Å². The van der Waals surface area contributed by atoms with Crippen molar-refractivity contribution in [2.45, 2.75) is 51.9 Å². The van der Waals surface area contributed by atoms with Gasteiger partial charge in [0, 0.05) is 34.1 Å². The molecule has 0 unspecified atom stereocenters. The smallest absolute Gasteiger partial charge is 0.227 e. The highest BCUT2D eigenvalue weighted by molar-refractivity contribution is 6.08. The summed E-state index contributed by atoms with van der Waals surface area (Å²) in [6.07, 6.45) is 8.08. The highest BCUT2D eigenvalue weighted by atomic mass is 16.3. The summed E-state index contributed by atoms with van der Waals surface area (Å²) in [7, 11) is 0. The zero-order chi connectivity index (χ0) is 18.4. The zero-order valence-electron chi connectivity index (χ0n) is 16.0. The van der Waals surface area contributed by atoms with Crippen LogP contribution in [0.5, 0.6) is 0 Å². The van der Waals surface area contributed by atoms with E-state index < -0.39 is 0 Å². The fourth-order valence-corrected chi connectivity index (χ4v) is 4.38. The molecule has 0 radical (unpaired) electrons. The molecule has 1 aliphatic rings. The van der Waals surface area contributed by atoms with Gasteiger partial charge in [0.05, 0.1) is 5.69 Å². The fraction of sp³-hybridized carbons (Fsp3) is 0.333. The Labute approximate surface area is 159 Å². The Hall–Kier alpha value is -2.68. The first-order valence-electron chi connectivity index (χ1n) is 10.0. The van der Waals surface area contributed by atoms with E-state index in [1.807, 2.05) is 6.20 Å². The van der Waals surface area contributed by atoms with Crippen molar-refractivity contribution in [2.24, 2.45) is 0 Å². The van der Waals surface area contributed by atoms with Crippen LogP contribution >= 0.6 is 0 Å². The second-order valence-electron chi connectivity index (χ2n) is 7.71. The van der Waals surface area contributed by atoms with Gasteiger partial charge in [-0.1, -0.05) is 38.0 Å². The molecule has 3 nitrogen and oxygen atoms in total. The minimum atomic E-state index is 0.590. The van der Waals surface area contributed by atoms with E-state index >= 15 is 0 Å². The summed E-state index contributed by atoms with van der Waals surface area (Å²) in [5.41, 5.74) is 7.30. The first-order chi connectivity index (χ1) is 13.2. The molecule has 27 heavy (non-hydrogen) atoms. The maximum Gasteiger partial charge on any atom is 0.227 e. The molecule has 136 valence electrons. The van der Waals surface area contributed by atoms with Crippen LogP contribution in [0.4, 0.5) is 0 Å². The van der Waals surface area contributed by atoms with E-state index in [0.29, 0.717) is 5.92 Å². The molecule has 0 saturated heterocycles. The predicted octanol–water partition coefficient (Wildman–Crippen LogP) is 6.57. The van der Waals surface area contributed by atoms with Crippen LogP contribution in [-0.4, -0.2) is 9.97 Å². The van der Waals surface area contributed by atoms with Crippen molar-refractivity contribution < 1.29 is 4.42 Å². The SMILES string of the molecule is CCc1ccc(-c2c(C)ccc3c2oc2nc(C4CCCC4)ccc23)nc1.